The zero-order chi connectivity index (χ0) is 13.7. The van der Waals surface area contributed by atoms with Crippen molar-refractivity contribution in [3.8, 4) is 0 Å². The lowest BCUT2D eigenvalue weighted by molar-refractivity contribution is 0.0793. The highest BCUT2D eigenvalue weighted by Gasteiger charge is 2.15. The number of amides is 1. The lowest BCUT2D eigenvalue weighted by Gasteiger charge is -2.20. The molecular weight excluding hydrogens is 238 g/mol. The molecule has 0 unspecified atom stereocenters. The number of nitrogens with one attached hydrogen (secondary N) is 2. The fraction of sp³-hybridized carbons (Fsp3) is 0.533. The summed E-state index contributed by atoms with van der Waals surface area (Å²) in [7, 11) is 3.80. The minimum atomic E-state index is 0.115. The van der Waals surface area contributed by atoms with E-state index in [2.05, 4.69) is 16.7 Å². The van der Waals surface area contributed by atoms with Crippen LogP contribution in [0, 0.1) is 0 Å². The largest absolute Gasteiger partial charge is 0.342 e. The maximum atomic E-state index is 12.3. The average Bonchev–Trinajstić information content (AvgIpc) is 2.46. The van der Waals surface area contributed by atoms with Gasteiger partial charge in [0.15, 0.2) is 0 Å². The van der Waals surface area contributed by atoms with Gasteiger partial charge >= 0.3 is 0 Å². The van der Waals surface area contributed by atoms with E-state index in [1.807, 2.05) is 26.2 Å². The van der Waals surface area contributed by atoms with Crippen LogP contribution in [0.2, 0.25) is 0 Å². The Hall–Kier alpha value is -1.39. The third kappa shape index (κ3) is 3.55. The minimum absolute atomic E-state index is 0.115. The molecule has 1 aromatic carbocycles. The Morgan fingerprint density at radius 3 is 3.05 bits per heavy atom. The van der Waals surface area contributed by atoms with E-state index < -0.39 is 0 Å². The number of hydrogen-bond acceptors (Lipinski definition) is 3. The van der Waals surface area contributed by atoms with Gasteiger partial charge in [-0.05, 0) is 56.2 Å². The Morgan fingerprint density at radius 1 is 1.42 bits per heavy atom. The molecule has 0 saturated heterocycles. The topological polar surface area (TPSA) is 44.4 Å². The quantitative estimate of drug-likeness (QED) is 0.778. The molecule has 2 N–H and O–H groups in total. The molecule has 1 aromatic rings. The van der Waals surface area contributed by atoms with Gasteiger partial charge in [-0.3, -0.25) is 4.79 Å². The van der Waals surface area contributed by atoms with Gasteiger partial charge in [0.05, 0.1) is 0 Å². The molecule has 1 aliphatic heterocycles. The van der Waals surface area contributed by atoms with Gasteiger partial charge in [0, 0.05) is 25.7 Å². The summed E-state index contributed by atoms with van der Waals surface area (Å²) >= 11 is 0. The van der Waals surface area contributed by atoms with E-state index in [0.29, 0.717) is 0 Å². The highest BCUT2D eigenvalue weighted by atomic mass is 16.2. The van der Waals surface area contributed by atoms with E-state index in [0.717, 1.165) is 44.6 Å². The molecule has 1 aliphatic rings. The van der Waals surface area contributed by atoms with Crippen LogP contribution < -0.4 is 10.6 Å². The first kappa shape index (κ1) is 14.0. The smallest absolute Gasteiger partial charge is 0.253 e. The van der Waals surface area contributed by atoms with Crippen LogP contribution in [0.15, 0.2) is 18.2 Å². The van der Waals surface area contributed by atoms with Crippen molar-refractivity contribution in [3.05, 3.63) is 34.9 Å². The number of carbonyl (C=O) groups is 1. The zero-order valence-corrected chi connectivity index (χ0v) is 11.8. The average molecular weight is 261 g/mol. The van der Waals surface area contributed by atoms with Crippen LogP contribution in [-0.4, -0.2) is 44.5 Å². The van der Waals surface area contributed by atoms with Crippen LogP contribution in [0.25, 0.3) is 0 Å². The minimum Gasteiger partial charge on any atom is -0.342 e. The van der Waals surface area contributed by atoms with Crippen molar-refractivity contribution in [2.45, 2.75) is 19.4 Å². The first-order valence-electron chi connectivity index (χ1n) is 6.95. The van der Waals surface area contributed by atoms with Crippen molar-refractivity contribution >= 4 is 5.91 Å². The van der Waals surface area contributed by atoms with E-state index in [1.165, 1.54) is 11.1 Å². The fourth-order valence-corrected chi connectivity index (χ4v) is 2.43. The molecule has 0 atom stereocenters. The number of rotatable bonds is 5. The molecule has 4 nitrogen and oxygen atoms in total. The van der Waals surface area contributed by atoms with Gasteiger partial charge in [0.25, 0.3) is 5.91 Å². The number of nitrogens with zero attached hydrogens (tertiary/aromatic N) is 1. The second-order valence-electron chi connectivity index (χ2n) is 5.09. The number of carbonyl (C=O) groups excluding carboxylic acids is 1. The van der Waals surface area contributed by atoms with Crippen molar-refractivity contribution in [2.75, 3.05) is 33.7 Å². The normalized spacial score (nSPS) is 14.0. The van der Waals surface area contributed by atoms with Gasteiger partial charge in [-0.1, -0.05) is 6.07 Å². The Balaban J connectivity index is 2.02. The molecule has 19 heavy (non-hydrogen) atoms. The van der Waals surface area contributed by atoms with Crippen LogP contribution >= 0.6 is 0 Å². The Morgan fingerprint density at radius 2 is 2.26 bits per heavy atom. The van der Waals surface area contributed by atoms with Crippen LogP contribution in [-0.2, 0) is 13.0 Å². The highest BCUT2D eigenvalue weighted by molar-refractivity contribution is 5.94. The number of fused-ring (bicyclic) bond motifs is 1. The van der Waals surface area contributed by atoms with Crippen molar-refractivity contribution < 1.29 is 4.79 Å². The van der Waals surface area contributed by atoms with E-state index in [1.54, 1.807) is 4.90 Å². The maximum absolute atomic E-state index is 12.3. The summed E-state index contributed by atoms with van der Waals surface area (Å²) in [5.74, 6) is 0.115. The maximum Gasteiger partial charge on any atom is 0.253 e. The van der Waals surface area contributed by atoms with Crippen LogP contribution in [0.1, 0.15) is 27.9 Å². The SMILES string of the molecule is CNCCCN(C)C(=O)c1ccc2c(c1)CNCC2. The van der Waals surface area contributed by atoms with E-state index >= 15 is 0 Å². The van der Waals surface area contributed by atoms with Gasteiger partial charge < -0.3 is 15.5 Å². The third-order valence-corrected chi connectivity index (χ3v) is 3.61. The summed E-state index contributed by atoms with van der Waals surface area (Å²) in [5, 5.41) is 6.44. The molecule has 0 saturated carbocycles. The monoisotopic (exact) mass is 261 g/mol. The lowest BCUT2D eigenvalue weighted by Crippen LogP contribution is -2.30. The molecule has 0 radical (unpaired) electrons. The predicted molar refractivity (Wildman–Crippen MR) is 77.4 cm³/mol. The summed E-state index contributed by atoms with van der Waals surface area (Å²) in [6.07, 6.45) is 2.03. The predicted octanol–water partition coefficient (Wildman–Crippen LogP) is 1.01. The Bertz CT molecular complexity index is 445. The van der Waals surface area contributed by atoms with Crippen molar-refractivity contribution in [3.63, 3.8) is 0 Å². The van der Waals surface area contributed by atoms with Crippen molar-refractivity contribution in [1.82, 2.24) is 15.5 Å². The number of benzene rings is 1. The Labute approximate surface area is 115 Å². The van der Waals surface area contributed by atoms with Gasteiger partial charge in [-0.15, -0.1) is 0 Å². The van der Waals surface area contributed by atoms with E-state index in [4.69, 9.17) is 0 Å². The fourth-order valence-electron chi connectivity index (χ4n) is 2.43. The molecule has 2 rings (SSSR count). The molecule has 0 aromatic heterocycles. The molecular formula is C15H23N3O. The summed E-state index contributed by atoms with van der Waals surface area (Å²) < 4.78 is 0. The molecule has 0 fully saturated rings. The zero-order valence-electron chi connectivity index (χ0n) is 11.8. The lowest BCUT2D eigenvalue weighted by atomic mass is 9.98. The van der Waals surface area contributed by atoms with Crippen LogP contribution in [0.4, 0.5) is 0 Å². The molecule has 0 aliphatic carbocycles. The molecule has 1 heterocycles. The number of hydrogen-bond donors (Lipinski definition) is 2. The highest BCUT2D eigenvalue weighted by Crippen LogP contribution is 2.16. The summed E-state index contributed by atoms with van der Waals surface area (Å²) in [4.78, 5) is 14.1. The third-order valence-electron chi connectivity index (χ3n) is 3.61. The van der Waals surface area contributed by atoms with Gasteiger partial charge in [-0.25, -0.2) is 0 Å². The summed E-state index contributed by atoms with van der Waals surface area (Å²) in [5.41, 5.74) is 3.43. The summed E-state index contributed by atoms with van der Waals surface area (Å²) in [6, 6.07) is 6.10. The molecule has 4 heteroatoms. The van der Waals surface area contributed by atoms with E-state index in [9.17, 15) is 4.79 Å². The molecule has 0 bridgehead atoms. The van der Waals surface area contributed by atoms with Crippen molar-refractivity contribution in [2.24, 2.45) is 0 Å². The summed E-state index contributed by atoms with van der Waals surface area (Å²) in [6.45, 7) is 3.63. The van der Waals surface area contributed by atoms with Gasteiger partial charge in [0.1, 0.15) is 0 Å². The van der Waals surface area contributed by atoms with Crippen molar-refractivity contribution in [1.29, 1.82) is 0 Å². The van der Waals surface area contributed by atoms with Gasteiger partial charge in [0.2, 0.25) is 0 Å². The molecule has 1 amide bonds. The first-order chi connectivity index (χ1) is 9.22. The van der Waals surface area contributed by atoms with Crippen LogP contribution in [0.5, 0.6) is 0 Å². The molecule has 104 valence electrons. The Kier molecular flexibility index (Phi) is 4.93. The molecule has 0 spiro atoms. The second kappa shape index (κ2) is 6.68. The van der Waals surface area contributed by atoms with Crippen LogP contribution in [0.3, 0.4) is 0 Å². The second-order valence-corrected chi connectivity index (χ2v) is 5.09. The van der Waals surface area contributed by atoms with E-state index in [-0.39, 0.29) is 5.91 Å². The van der Waals surface area contributed by atoms with Gasteiger partial charge in [-0.2, -0.15) is 0 Å². The first-order valence-corrected chi connectivity index (χ1v) is 6.95. The standard InChI is InChI=1S/C15H23N3O/c1-16-7-3-9-18(2)15(19)13-5-4-12-6-8-17-11-14(12)10-13/h4-5,10,16-17H,3,6-9,11H2,1-2H3.